The van der Waals surface area contributed by atoms with Gasteiger partial charge in [0, 0.05) is 30.2 Å². The summed E-state index contributed by atoms with van der Waals surface area (Å²) in [5.41, 5.74) is 3.01. The Morgan fingerprint density at radius 1 is 1.26 bits per heavy atom. The lowest BCUT2D eigenvalue weighted by molar-refractivity contribution is 0.0529. The number of nitrogens with zero attached hydrogens (tertiary/aromatic N) is 3. The zero-order chi connectivity index (χ0) is 18.4. The molecule has 2 aromatic heterocycles. The molecule has 0 spiro atoms. The van der Waals surface area contributed by atoms with Gasteiger partial charge in [-0.25, -0.2) is 4.98 Å². The van der Waals surface area contributed by atoms with Gasteiger partial charge < -0.3 is 14.4 Å². The summed E-state index contributed by atoms with van der Waals surface area (Å²) in [5, 5.41) is 8.78. The molecule has 1 aromatic carbocycles. The normalized spacial score (nSPS) is 21.4. The fourth-order valence-corrected chi connectivity index (χ4v) is 3.60. The van der Waals surface area contributed by atoms with Gasteiger partial charge in [-0.05, 0) is 57.0 Å². The van der Waals surface area contributed by atoms with Crippen molar-refractivity contribution in [1.82, 2.24) is 15.2 Å². The number of fused-ring (bicyclic) bond motifs is 1. The predicted octanol–water partition coefficient (Wildman–Crippen LogP) is 3.78. The molecule has 0 amide bonds. The number of hydrogen-bond acceptors (Lipinski definition) is 5. The lowest BCUT2D eigenvalue weighted by atomic mass is 10.1. The first-order chi connectivity index (χ1) is 13.1. The second-order valence-electron chi connectivity index (χ2n) is 7.86. The van der Waals surface area contributed by atoms with Gasteiger partial charge in [0.2, 0.25) is 0 Å². The summed E-state index contributed by atoms with van der Waals surface area (Å²) >= 11 is 0. The maximum Gasteiger partial charge on any atom is 0.129 e. The van der Waals surface area contributed by atoms with Crippen LogP contribution < -0.4 is 9.64 Å². The SMILES string of the molecule is CC1CN(c2cc(-c3n[nH]c4ccc(OC5(C)CC5)cc34)ccn2)CCO1. The number of anilines is 1. The smallest absolute Gasteiger partial charge is 0.129 e. The minimum atomic E-state index is 0.00837. The molecule has 5 rings (SSSR count). The van der Waals surface area contributed by atoms with Crippen molar-refractivity contribution >= 4 is 16.7 Å². The molecule has 1 N–H and O–H groups in total. The minimum Gasteiger partial charge on any atom is -0.488 e. The van der Waals surface area contributed by atoms with E-state index in [1.807, 2.05) is 24.4 Å². The van der Waals surface area contributed by atoms with E-state index in [1.165, 1.54) is 0 Å². The van der Waals surface area contributed by atoms with Crippen molar-refractivity contribution in [3.63, 3.8) is 0 Å². The molecule has 1 aliphatic carbocycles. The lowest BCUT2D eigenvalue weighted by Crippen LogP contribution is -2.41. The van der Waals surface area contributed by atoms with Crippen LogP contribution in [0.15, 0.2) is 36.5 Å². The molecule has 2 aliphatic rings. The second kappa shape index (κ2) is 6.23. The molecule has 1 aliphatic heterocycles. The van der Waals surface area contributed by atoms with E-state index in [1.54, 1.807) is 0 Å². The second-order valence-corrected chi connectivity index (χ2v) is 7.86. The molecule has 27 heavy (non-hydrogen) atoms. The molecule has 6 nitrogen and oxygen atoms in total. The highest BCUT2D eigenvalue weighted by Gasteiger charge is 2.40. The molecule has 140 valence electrons. The lowest BCUT2D eigenvalue weighted by Gasteiger charge is -2.32. The summed E-state index contributed by atoms with van der Waals surface area (Å²) < 4.78 is 11.8. The topological polar surface area (TPSA) is 63.3 Å². The first-order valence-corrected chi connectivity index (χ1v) is 9.60. The van der Waals surface area contributed by atoms with Crippen LogP contribution in [0.4, 0.5) is 5.82 Å². The van der Waals surface area contributed by atoms with Crippen LogP contribution in [0.2, 0.25) is 0 Å². The maximum absolute atomic E-state index is 6.14. The number of ether oxygens (including phenoxy) is 2. The molecule has 0 radical (unpaired) electrons. The zero-order valence-corrected chi connectivity index (χ0v) is 15.7. The first kappa shape index (κ1) is 16.6. The van der Waals surface area contributed by atoms with E-state index in [9.17, 15) is 0 Å². The van der Waals surface area contributed by atoms with Crippen molar-refractivity contribution < 1.29 is 9.47 Å². The van der Waals surface area contributed by atoms with Crippen molar-refractivity contribution in [2.75, 3.05) is 24.6 Å². The van der Waals surface area contributed by atoms with Gasteiger partial charge in [-0.2, -0.15) is 5.10 Å². The van der Waals surface area contributed by atoms with Crippen molar-refractivity contribution in [1.29, 1.82) is 0 Å². The summed E-state index contributed by atoms with van der Waals surface area (Å²) in [6.07, 6.45) is 4.32. The molecule has 3 heterocycles. The van der Waals surface area contributed by atoms with Gasteiger partial charge in [0.05, 0.1) is 18.2 Å². The van der Waals surface area contributed by atoms with Crippen LogP contribution in [0.25, 0.3) is 22.2 Å². The Kier molecular flexibility index (Phi) is 3.82. The highest BCUT2D eigenvalue weighted by molar-refractivity contribution is 5.94. The first-order valence-electron chi connectivity index (χ1n) is 9.60. The van der Waals surface area contributed by atoms with Crippen molar-refractivity contribution in [2.24, 2.45) is 0 Å². The Morgan fingerprint density at radius 3 is 2.96 bits per heavy atom. The number of aromatic nitrogens is 3. The maximum atomic E-state index is 6.14. The van der Waals surface area contributed by atoms with E-state index in [0.29, 0.717) is 0 Å². The van der Waals surface area contributed by atoms with Gasteiger partial charge in [-0.3, -0.25) is 5.10 Å². The van der Waals surface area contributed by atoms with Gasteiger partial charge in [0.25, 0.3) is 0 Å². The van der Waals surface area contributed by atoms with Crippen LogP contribution in [0, 0.1) is 0 Å². The average molecular weight is 364 g/mol. The molecule has 1 unspecified atom stereocenters. The molecule has 1 saturated heterocycles. The van der Waals surface area contributed by atoms with Crippen LogP contribution in [-0.2, 0) is 4.74 Å². The van der Waals surface area contributed by atoms with Gasteiger partial charge in [-0.1, -0.05) is 0 Å². The molecule has 1 atom stereocenters. The quantitative estimate of drug-likeness (QED) is 0.763. The summed E-state index contributed by atoms with van der Waals surface area (Å²) in [4.78, 5) is 6.84. The van der Waals surface area contributed by atoms with Crippen LogP contribution in [0.1, 0.15) is 26.7 Å². The number of rotatable bonds is 4. The largest absolute Gasteiger partial charge is 0.488 e. The zero-order valence-electron chi connectivity index (χ0n) is 15.7. The number of aromatic amines is 1. The molecule has 3 aromatic rings. The number of benzene rings is 1. The fraction of sp³-hybridized carbons (Fsp3) is 0.429. The Hall–Kier alpha value is -2.60. The third-order valence-corrected chi connectivity index (χ3v) is 5.44. The highest BCUT2D eigenvalue weighted by Crippen LogP contribution is 2.40. The summed E-state index contributed by atoms with van der Waals surface area (Å²) in [6.45, 7) is 6.70. The van der Waals surface area contributed by atoms with E-state index >= 15 is 0 Å². The average Bonchev–Trinajstić information content (AvgIpc) is 3.25. The van der Waals surface area contributed by atoms with Crippen molar-refractivity contribution in [3.05, 3.63) is 36.5 Å². The van der Waals surface area contributed by atoms with Gasteiger partial charge in [0.15, 0.2) is 0 Å². The Labute approximate surface area is 158 Å². The van der Waals surface area contributed by atoms with E-state index in [-0.39, 0.29) is 11.7 Å². The molecule has 6 heteroatoms. The molecule has 2 fully saturated rings. The molecular weight excluding hydrogens is 340 g/mol. The van der Waals surface area contributed by atoms with E-state index < -0.39 is 0 Å². The minimum absolute atomic E-state index is 0.00837. The summed E-state index contributed by atoms with van der Waals surface area (Å²) in [7, 11) is 0. The fourth-order valence-electron chi connectivity index (χ4n) is 3.60. The number of hydrogen-bond donors (Lipinski definition) is 1. The number of morpholine rings is 1. The Bertz CT molecular complexity index is 979. The number of H-pyrrole nitrogens is 1. The van der Waals surface area contributed by atoms with Crippen LogP contribution in [-0.4, -0.2) is 46.6 Å². The molecule has 0 bridgehead atoms. The standard InChI is InChI=1S/C21H24N4O2/c1-14-13-25(9-10-26-14)19-11-15(5-8-22-19)20-17-12-16(27-21(2)6-7-21)3-4-18(17)23-24-20/h3-5,8,11-12,14H,6-7,9-10,13H2,1-2H3,(H,23,24). The van der Waals surface area contributed by atoms with Gasteiger partial charge in [0.1, 0.15) is 22.9 Å². The summed E-state index contributed by atoms with van der Waals surface area (Å²) in [6, 6.07) is 10.3. The molecular formula is C21H24N4O2. The van der Waals surface area contributed by atoms with Crippen LogP contribution >= 0.6 is 0 Å². The van der Waals surface area contributed by atoms with Gasteiger partial charge in [-0.15, -0.1) is 0 Å². The van der Waals surface area contributed by atoms with Gasteiger partial charge >= 0.3 is 0 Å². The monoisotopic (exact) mass is 364 g/mol. The Morgan fingerprint density at radius 2 is 2.15 bits per heavy atom. The van der Waals surface area contributed by atoms with Crippen LogP contribution in [0.3, 0.4) is 0 Å². The summed E-state index contributed by atoms with van der Waals surface area (Å²) in [5.74, 6) is 1.87. The number of pyridine rings is 1. The number of nitrogens with one attached hydrogen (secondary N) is 1. The predicted molar refractivity (Wildman–Crippen MR) is 105 cm³/mol. The third-order valence-electron chi connectivity index (χ3n) is 5.44. The van der Waals surface area contributed by atoms with E-state index in [4.69, 9.17) is 9.47 Å². The Balaban J connectivity index is 1.49. The highest BCUT2D eigenvalue weighted by atomic mass is 16.5. The van der Waals surface area contributed by atoms with Crippen molar-refractivity contribution in [2.45, 2.75) is 38.4 Å². The van der Waals surface area contributed by atoms with Crippen LogP contribution in [0.5, 0.6) is 5.75 Å². The molecule has 1 saturated carbocycles. The van der Waals surface area contributed by atoms with Crippen molar-refractivity contribution in [3.8, 4) is 17.0 Å². The third kappa shape index (κ3) is 3.25. The van der Waals surface area contributed by atoms with E-state index in [0.717, 1.165) is 66.3 Å². The van der Waals surface area contributed by atoms with E-state index in [2.05, 4.69) is 46.1 Å².